The van der Waals surface area contributed by atoms with Crippen LogP contribution in [0.2, 0.25) is 0 Å². The van der Waals surface area contributed by atoms with Gasteiger partial charge in [0.2, 0.25) is 0 Å². The molecule has 1 aliphatic heterocycles. The van der Waals surface area contributed by atoms with Gasteiger partial charge in [0.25, 0.3) is 0 Å². The molecule has 0 saturated carbocycles. The minimum absolute atomic E-state index is 0.250. The first kappa shape index (κ1) is 21.6. The first-order valence-electron chi connectivity index (χ1n) is 11.3. The zero-order chi connectivity index (χ0) is 23.2. The number of benzene rings is 4. The molecular weight excluding hydrogens is 426 g/mol. The number of anilines is 1. The Hall–Kier alpha value is -4.25. The van der Waals surface area contributed by atoms with Gasteiger partial charge in [-0.05, 0) is 35.4 Å². The summed E-state index contributed by atoms with van der Waals surface area (Å²) in [6.45, 7) is 1.11. The van der Waals surface area contributed by atoms with Crippen molar-refractivity contribution in [1.29, 1.82) is 0 Å². The lowest BCUT2D eigenvalue weighted by molar-refractivity contribution is 0.178. The predicted molar refractivity (Wildman–Crippen MR) is 131 cm³/mol. The Bertz CT molecular complexity index is 1230. The third-order valence-electron chi connectivity index (χ3n) is 5.74. The smallest absolute Gasteiger partial charge is 0.415 e. The maximum atomic E-state index is 12.6. The summed E-state index contributed by atoms with van der Waals surface area (Å²) in [5, 5.41) is 0. The van der Waals surface area contributed by atoms with Crippen LogP contribution in [0.15, 0.2) is 109 Å². The minimum Gasteiger partial charge on any atom is -0.489 e. The lowest BCUT2D eigenvalue weighted by Gasteiger charge is -2.24. The van der Waals surface area contributed by atoms with Crippen LogP contribution in [0.5, 0.6) is 11.5 Å². The Morgan fingerprint density at radius 2 is 1.32 bits per heavy atom. The highest BCUT2D eigenvalue weighted by molar-refractivity contribution is 5.90. The fourth-order valence-corrected chi connectivity index (χ4v) is 4.01. The molecule has 1 saturated heterocycles. The molecule has 5 rings (SSSR count). The van der Waals surface area contributed by atoms with Crippen LogP contribution in [-0.2, 0) is 18.0 Å². The zero-order valence-corrected chi connectivity index (χ0v) is 18.7. The highest BCUT2D eigenvalue weighted by Crippen LogP contribution is 2.39. The summed E-state index contributed by atoms with van der Waals surface area (Å²) >= 11 is 0. The summed E-state index contributed by atoms with van der Waals surface area (Å²) in [7, 11) is 0. The quantitative estimate of drug-likeness (QED) is 0.305. The molecule has 0 aromatic heterocycles. The normalized spacial score (nSPS) is 15.1. The highest BCUT2D eigenvalue weighted by atomic mass is 16.6. The number of hydrogen-bond acceptors (Lipinski definition) is 4. The third kappa shape index (κ3) is 4.89. The van der Waals surface area contributed by atoms with Gasteiger partial charge in [0.15, 0.2) is 0 Å². The number of hydrogen-bond donors (Lipinski definition) is 0. The highest BCUT2D eigenvalue weighted by Gasteiger charge is 2.37. The fraction of sp³-hybridized carbons (Fsp3) is 0.138. The molecule has 5 nitrogen and oxygen atoms in total. The number of carbonyl (C=O) groups is 1. The molecule has 0 bridgehead atoms. The molecule has 1 aliphatic rings. The fourth-order valence-electron chi connectivity index (χ4n) is 4.01. The average molecular weight is 452 g/mol. The van der Waals surface area contributed by atoms with E-state index >= 15 is 0 Å². The van der Waals surface area contributed by atoms with Crippen LogP contribution in [0.1, 0.15) is 22.7 Å². The summed E-state index contributed by atoms with van der Waals surface area (Å²) in [5.74, 6) is 1.37. The summed E-state index contributed by atoms with van der Waals surface area (Å²) in [6.07, 6.45) is -0.366. The van der Waals surface area contributed by atoms with Crippen molar-refractivity contribution >= 4 is 11.8 Å². The lowest BCUT2D eigenvalue weighted by Crippen LogP contribution is -2.27. The molecule has 1 heterocycles. The van der Waals surface area contributed by atoms with Crippen LogP contribution < -0.4 is 14.4 Å². The number of carbonyl (C=O) groups excluding carboxylic acids is 1. The maximum absolute atomic E-state index is 12.6. The van der Waals surface area contributed by atoms with Crippen LogP contribution >= 0.6 is 0 Å². The molecule has 0 aliphatic carbocycles. The second-order valence-corrected chi connectivity index (χ2v) is 8.05. The van der Waals surface area contributed by atoms with Gasteiger partial charge in [0, 0.05) is 17.3 Å². The second kappa shape index (κ2) is 10.1. The first-order chi connectivity index (χ1) is 16.8. The van der Waals surface area contributed by atoms with Gasteiger partial charge >= 0.3 is 6.09 Å². The van der Waals surface area contributed by atoms with Crippen molar-refractivity contribution in [2.45, 2.75) is 19.3 Å². The number of ether oxygens (including phenoxy) is 3. The van der Waals surface area contributed by atoms with Crippen LogP contribution in [0, 0.1) is 0 Å². The maximum Gasteiger partial charge on any atom is 0.415 e. The van der Waals surface area contributed by atoms with Crippen molar-refractivity contribution in [3.63, 3.8) is 0 Å². The van der Waals surface area contributed by atoms with Crippen LogP contribution in [-0.4, -0.2) is 12.7 Å². The van der Waals surface area contributed by atoms with Gasteiger partial charge in [-0.1, -0.05) is 78.9 Å². The van der Waals surface area contributed by atoms with Crippen molar-refractivity contribution in [3.05, 3.63) is 126 Å². The molecule has 1 amide bonds. The van der Waals surface area contributed by atoms with Crippen molar-refractivity contribution in [2.24, 2.45) is 0 Å². The van der Waals surface area contributed by atoms with Gasteiger partial charge < -0.3 is 14.2 Å². The largest absolute Gasteiger partial charge is 0.489 e. The minimum atomic E-state index is -0.366. The van der Waals surface area contributed by atoms with Gasteiger partial charge in [-0.2, -0.15) is 0 Å². The Kier molecular flexibility index (Phi) is 6.43. The van der Waals surface area contributed by atoms with Gasteiger partial charge in [-0.15, -0.1) is 0 Å². The van der Waals surface area contributed by atoms with E-state index in [2.05, 4.69) is 0 Å². The van der Waals surface area contributed by atoms with Gasteiger partial charge in [0.05, 0.1) is 0 Å². The molecule has 0 radical (unpaired) electrons. The monoisotopic (exact) mass is 451 g/mol. The molecule has 0 N–H and O–H groups in total. The molecule has 1 atom stereocenters. The number of para-hydroxylation sites is 1. The summed E-state index contributed by atoms with van der Waals surface area (Å²) < 4.78 is 17.8. The summed E-state index contributed by atoms with van der Waals surface area (Å²) in [5.41, 5.74) is 3.80. The van der Waals surface area contributed by atoms with Crippen molar-refractivity contribution in [3.8, 4) is 11.5 Å². The molecule has 34 heavy (non-hydrogen) atoms. The Morgan fingerprint density at radius 3 is 1.97 bits per heavy atom. The topological polar surface area (TPSA) is 48.0 Å². The third-order valence-corrected chi connectivity index (χ3v) is 5.74. The van der Waals surface area contributed by atoms with E-state index in [1.165, 1.54) is 0 Å². The molecular formula is C29H25NO4. The SMILES string of the molecule is O=C1OCC(c2ccc(OCc3ccccc3)cc2OCc2ccccc2)N1c1ccccc1. The average Bonchev–Trinajstić information content (AvgIpc) is 3.29. The first-order valence-corrected chi connectivity index (χ1v) is 11.3. The molecule has 5 heteroatoms. The Labute approximate surface area is 199 Å². The van der Waals surface area contributed by atoms with E-state index in [0.717, 1.165) is 22.4 Å². The second-order valence-electron chi connectivity index (χ2n) is 8.05. The molecule has 1 fully saturated rings. The Morgan fingerprint density at radius 1 is 0.735 bits per heavy atom. The number of amides is 1. The molecule has 170 valence electrons. The van der Waals surface area contributed by atoms with Crippen LogP contribution in [0.3, 0.4) is 0 Å². The van der Waals surface area contributed by atoms with Crippen molar-refractivity contribution in [2.75, 3.05) is 11.5 Å². The Balaban J connectivity index is 1.44. The van der Waals surface area contributed by atoms with Gasteiger partial charge in [-0.3, -0.25) is 4.90 Å². The summed E-state index contributed by atoms with van der Waals surface area (Å²) in [4.78, 5) is 14.3. The van der Waals surface area contributed by atoms with E-state index < -0.39 is 0 Å². The van der Waals surface area contributed by atoms with Gasteiger partial charge in [0.1, 0.15) is 37.4 Å². The lowest BCUT2D eigenvalue weighted by atomic mass is 10.0. The van der Waals surface area contributed by atoms with E-state index in [0.29, 0.717) is 24.7 Å². The number of nitrogens with zero attached hydrogens (tertiary/aromatic N) is 1. The van der Waals surface area contributed by atoms with E-state index in [1.54, 1.807) is 4.90 Å². The standard InChI is InChI=1S/C29H25NO4/c31-29-30(24-14-8-3-9-15-24)27(21-34-29)26-17-16-25(32-19-22-10-4-1-5-11-22)18-28(26)33-20-23-12-6-2-7-13-23/h1-18,27H,19-21H2. The van der Waals surface area contributed by atoms with Crippen molar-refractivity contribution < 1.29 is 19.0 Å². The molecule has 4 aromatic carbocycles. The van der Waals surface area contributed by atoms with Crippen molar-refractivity contribution in [1.82, 2.24) is 0 Å². The summed E-state index contributed by atoms with van der Waals surface area (Å²) in [6, 6.07) is 35.0. The van der Waals surface area contributed by atoms with E-state index in [9.17, 15) is 4.79 Å². The molecule has 4 aromatic rings. The van der Waals surface area contributed by atoms with E-state index in [1.807, 2.05) is 109 Å². The van der Waals surface area contributed by atoms with E-state index in [4.69, 9.17) is 14.2 Å². The van der Waals surface area contributed by atoms with Crippen LogP contribution in [0.25, 0.3) is 0 Å². The van der Waals surface area contributed by atoms with Gasteiger partial charge in [-0.25, -0.2) is 4.79 Å². The zero-order valence-electron chi connectivity index (χ0n) is 18.7. The van der Waals surface area contributed by atoms with Crippen LogP contribution in [0.4, 0.5) is 10.5 Å². The number of cyclic esters (lactones) is 1. The number of rotatable bonds is 8. The molecule has 1 unspecified atom stereocenters. The predicted octanol–water partition coefficient (Wildman–Crippen LogP) is 6.54. The van der Waals surface area contributed by atoms with E-state index in [-0.39, 0.29) is 18.7 Å². The molecule has 0 spiro atoms.